The van der Waals surface area contributed by atoms with Gasteiger partial charge in [-0.1, -0.05) is 0 Å². The highest BCUT2D eigenvalue weighted by atomic mass is 32.2. The Kier molecular flexibility index (Phi) is 3.10. The number of aryl methyl sites for hydroxylation is 1. The molecule has 0 saturated heterocycles. The summed E-state index contributed by atoms with van der Waals surface area (Å²) in [6, 6.07) is 9.33. The lowest BCUT2D eigenvalue weighted by molar-refractivity contribution is 0.103. The van der Waals surface area contributed by atoms with Crippen LogP contribution < -0.4 is 0 Å². The van der Waals surface area contributed by atoms with Crippen LogP contribution in [0, 0.1) is 0 Å². The van der Waals surface area contributed by atoms with Crippen molar-refractivity contribution in [3.63, 3.8) is 0 Å². The molecule has 1 heterocycles. The summed E-state index contributed by atoms with van der Waals surface area (Å²) in [5.74, 6) is 0.00709. The molecule has 0 aliphatic heterocycles. The van der Waals surface area contributed by atoms with E-state index in [1.54, 1.807) is 35.8 Å². The number of hydrogen-bond donors (Lipinski definition) is 0. The maximum absolute atomic E-state index is 12.1. The Labute approximate surface area is 98.5 Å². The van der Waals surface area contributed by atoms with Crippen LogP contribution in [0.15, 0.2) is 41.4 Å². The van der Waals surface area contributed by atoms with Crippen LogP contribution in [0.4, 0.5) is 0 Å². The van der Waals surface area contributed by atoms with Crippen LogP contribution in [0.1, 0.15) is 16.1 Å². The number of carbonyl (C=O) groups excluding carboxylic acids is 1. The van der Waals surface area contributed by atoms with E-state index in [0.717, 1.165) is 4.90 Å². The van der Waals surface area contributed by atoms with E-state index in [-0.39, 0.29) is 5.78 Å². The molecule has 1 aromatic heterocycles. The molecule has 0 bridgehead atoms. The highest BCUT2D eigenvalue weighted by molar-refractivity contribution is 7.98. The van der Waals surface area contributed by atoms with Crippen LogP contribution in [0.25, 0.3) is 0 Å². The molecule has 0 N–H and O–H groups in total. The van der Waals surface area contributed by atoms with Crippen molar-refractivity contribution < 1.29 is 4.79 Å². The zero-order valence-electron chi connectivity index (χ0n) is 9.18. The first kappa shape index (κ1) is 11.0. The summed E-state index contributed by atoms with van der Waals surface area (Å²) >= 11 is 1.66. The second kappa shape index (κ2) is 4.53. The Morgan fingerprint density at radius 1 is 1.25 bits per heavy atom. The van der Waals surface area contributed by atoms with E-state index in [1.807, 2.05) is 30.5 Å². The lowest BCUT2D eigenvalue weighted by Crippen LogP contribution is -2.07. The van der Waals surface area contributed by atoms with Crippen LogP contribution >= 0.6 is 11.8 Å². The van der Waals surface area contributed by atoms with E-state index in [0.29, 0.717) is 11.3 Å². The standard InChI is InChI=1S/C12H12N2OS/c1-14-11(7-8-13-14)12(15)9-3-5-10(16-2)6-4-9/h3-8H,1-2H3. The summed E-state index contributed by atoms with van der Waals surface area (Å²) in [6.45, 7) is 0. The van der Waals surface area contributed by atoms with Gasteiger partial charge < -0.3 is 0 Å². The first-order chi connectivity index (χ1) is 7.72. The number of ketones is 1. The Hall–Kier alpha value is -1.55. The fourth-order valence-corrected chi connectivity index (χ4v) is 1.90. The third-order valence-corrected chi connectivity index (χ3v) is 3.15. The fraction of sp³-hybridized carbons (Fsp3) is 0.167. The molecule has 0 spiro atoms. The maximum Gasteiger partial charge on any atom is 0.211 e. The lowest BCUT2D eigenvalue weighted by Gasteiger charge is -2.02. The molecule has 0 aliphatic rings. The van der Waals surface area contributed by atoms with E-state index in [4.69, 9.17) is 0 Å². The smallest absolute Gasteiger partial charge is 0.211 e. The highest BCUT2D eigenvalue weighted by Gasteiger charge is 2.11. The van der Waals surface area contributed by atoms with Gasteiger partial charge in [-0.3, -0.25) is 9.48 Å². The molecule has 82 valence electrons. The van der Waals surface area contributed by atoms with Gasteiger partial charge in [0, 0.05) is 23.7 Å². The highest BCUT2D eigenvalue weighted by Crippen LogP contribution is 2.16. The minimum atomic E-state index is 0.00709. The van der Waals surface area contributed by atoms with Crippen molar-refractivity contribution in [1.29, 1.82) is 0 Å². The van der Waals surface area contributed by atoms with Gasteiger partial charge in [0.15, 0.2) is 0 Å². The predicted molar refractivity (Wildman–Crippen MR) is 64.9 cm³/mol. The van der Waals surface area contributed by atoms with E-state index >= 15 is 0 Å². The Balaban J connectivity index is 2.31. The molecule has 0 atom stereocenters. The molecule has 0 unspecified atom stereocenters. The van der Waals surface area contributed by atoms with Crippen LogP contribution in [-0.2, 0) is 7.05 Å². The van der Waals surface area contributed by atoms with Crippen LogP contribution in [0.5, 0.6) is 0 Å². The van der Waals surface area contributed by atoms with Gasteiger partial charge in [0.25, 0.3) is 0 Å². The van der Waals surface area contributed by atoms with E-state index < -0.39 is 0 Å². The van der Waals surface area contributed by atoms with Crippen molar-refractivity contribution in [1.82, 2.24) is 9.78 Å². The van der Waals surface area contributed by atoms with Crippen LogP contribution in [0.2, 0.25) is 0 Å². The summed E-state index contributed by atoms with van der Waals surface area (Å²) in [5.41, 5.74) is 1.30. The zero-order valence-corrected chi connectivity index (χ0v) is 9.99. The number of thioether (sulfide) groups is 1. The summed E-state index contributed by atoms with van der Waals surface area (Å²) in [4.78, 5) is 13.2. The Morgan fingerprint density at radius 2 is 1.94 bits per heavy atom. The summed E-state index contributed by atoms with van der Waals surface area (Å²) in [5, 5.41) is 3.99. The summed E-state index contributed by atoms with van der Waals surface area (Å²) in [7, 11) is 1.77. The average molecular weight is 232 g/mol. The number of benzene rings is 1. The average Bonchev–Trinajstić information content (AvgIpc) is 2.75. The SMILES string of the molecule is CSc1ccc(C(=O)c2ccnn2C)cc1. The third kappa shape index (κ3) is 2.02. The number of nitrogens with zero attached hydrogens (tertiary/aromatic N) is 2. The third-order valence-electron chi connectivity index (χ3n) is 2.41. The van der Waals surface area contributed by atoms with Gasteiger partial charge in [-0.25, -0.2) is 0 Å². The number of rotatable bonds is 3. The van der Waals surface area contributed by atoms with E-state index in [1.165, 1.54) is 0 Å². The molecule has 3 nitrogen and oxygen atoms in total. The van der Waals surface area contributed by atoms with E-state index in [9.17, 15) is 4.79 Å². The maximum atomic E-state index is 12.1. The van der Waals surface area contributed by atoms with Crippen molar-refractivity contribution in [3.8, 4) is 0 Å². The molecule has 0 saturated carbocycles. The van der Waals surface area contributed by atoms with Gasteiger partial charge in [-0.15, -0.1) is 11.8 Å². The van der Waals surface area contributed by atoms with Gasteiger partial charge in [-0.05, 0) is 36.6 Å². The van der Waals surface area contributed by atoms with Crippen molar-refractivity contribution in [2.45, 2.75) is 4.90 Å². The predicted octanol–water partition coefficient (Wildman–Crippen LogP) is 2.37. The molecule has 0 aliphatic carbocycles. The molecule has 1 aromatic carbocycles. The number of carbonyl (C=O) groups is 1. The molecular weight excluding hydrogens is 220 g/mol. The normalized spacial score (nSPS) is 10.4. The van der Waals surface area contributed by atoms with Crippen molar-refractivity contribution in [2.24, 2.45) is 7.05 Å². The van der Waals surface area contributed by atoms with Crippen LogP contribution in [0.3, 0.4) is 0 Å². The quantitative estimate of drug-likeness (QED) is 0.602. The van der Waals surface area contributed by atoms with Gasteiger partial charge in [0.1, 0.15) is 5.69 Å². The zero-order chi connectivity index (χ0) is 11.5. The monoisotopic (exact) mass is 232 g/mol. The van der Waals surface area contributed by atoms with Gasteiger partial charge in [0.05, 0.1) is 0 Å². The molecule has 16 heavy (non-hydrogen) atoms. The van der Waals surface area contributed by atoms with Crippen LogP contribution in [-0.4, -0.2) is 21.8 Å². The summed E-state index contributed by atoms with van der Waals surface area (Å²) in [6.07, 6.45) is 3.64. The topological polar surface area (TPSA) is 34.9 Å². The largest absolute Gasteiger partial charge is 0.287 e. The van der Waals surface area contributed by atoms with Crippen molar-refractivity contribution in [3.05, 3.63) is 47.8 Å². The molecule has 2 aromatic rings. The summed E-state index contributed by atoms with van der Waals surface area (Å²) < 4.78 is 1.59. The molecule has 0 amide bonds. The minimum Gasteiger partial charge on any atom is -0.287 e. The van der Waals surface area contributed by atoms with E-state index in [2.05, 4.69) is 5.10 Å². The minimum absolute atomic E-state index is 0.00709. The molecule has 2 rings (SSSR count). The molecular formula is C12H12N2OS. The Bertz CT molecular complexity index is 502. The lowest BCUT2D eigenvalue weighted by atomic mass is 10.1. The van der Waals surface area contributed by atoms with Crippen molar-refractivity contribution in [2.75, 3.05) is 6.26 Å². The fourth-order valence-electron chi connectivity index (χ4n) is 1.49. The molecule has 0 fully saturated rings. The number of hydrogen-bond acceptors (Lipinski definition) is 3. The Morgan fingerprint density at radius 3 is 2.44 bits per heavy atom. The first-order valence-electron chi connectivity index (χ1n) is 4.89. The first-order valence-corrected chi connectivity index (χ1v) is 6.11. The molecule has 0 radical (unpaired) electrons. The van der Waals surface area contributed by atoms with Gasteiger partial charge in [-0.2, -0.15) is 5.10 Å². The molecule has 4 heteroatoms. The van der Waals surface area contributed by atoms with Gasteiger partial charge >= 0.3 is 0 Å². The van der Waals surface area contributed by atoms with Crippen molar-refractivity contribution >= 4 is 17.5 Å². The number of aromatic nitrogens is 2. The second-order valence-corrected chi connectivity index (χ2v) is 4.28. The van der Waals surface area contributed by atoms with Gasteiger partial charge in [0.2, 0.25) is 5.78 Å². The second-order valence-electron chi connectivity index (χ2n) is 3.40.